The molecule has 0 spiro atoms. The topological polar surface area (TPSA) is 33.2 Å². The van der Waals surface area contributed by atoms with Crippen LogP contribution in [0.3, 0.4) is 0 Å². The lowest BCUT2D eigenvalue weighted by molar-refractivity contribution is 0.0787. The van der Waals surface area contributed by atoms with Crippen molar-refractivity contribution in [1.82, 2.24) is 9.88 Å². The maximum absolute atomic E-state index is 12.4. The highest BCUT2D eigenvalue weighted by Crippen LogP contribution is 2.20. The van der Waals surface area contributed by atoms with Crippen LogP contribution in [-0.4, -0.2) is 28.9 Å². The van der Waals surface area contributed by atoms with Crippen LogP contribution in [0.2, 0.25) is 0 Å². The highest BCUT2D eigenvalue weighted by atomic mass is 16.2. The number of aryl methyl sites for hydroxylation is 1. The Morgan fingerprint density at radius 1 is 1.44 bits per heavy atom. The van der Waals surface area contributed by atoms with Crippen LogP contribution in [0.4, 0.5) is 0 Å². The lowest BCUT2D eigenvalue weighted by atomic mass is 10.1. The van der Waals surface area contributed by atoms with Crippen LogP contribution in [0.15, 0.2) is 12.1 Å². The van der Waals surface area contributed by atoms with Gasteiger partial charge in [-0.2, -0.15) is 0 Å². The van der Waals surface area contributed by atoms with E-state index in [1.165, 1.54) is 0 Å². The van der Waals surface area contributed by atoms with Gasteiger partial charge in [0, 0.05) is 30.0 Å². The van der Waals surface area contributed by atoms with Crippen LogP contribution < -0.4 is 0 Å². The predicted molar refractivity (Wildman–Crippen MR) is 72.7 cm³/mol. The van der Waals surface area contributed by atoms with Gasteiger partial charge in [0.1, 0.15) is 0 Å². The van der Waals surface area contributed by atoms with Gasteiger partial charge in [-0.25, -0.2) is 0 Å². The van der Waals surface area contributed by atoms with Crippen LogP contribution in [0.1, 0.15) is 54.9 Å². The third-order valence-corrected chi connectivity index (χ3v) is 3.52. The summed E-state index contributed by atoms with van der Waals surface area (Å²) in [5, 5.41) is 0. The maximum Gasteiger partial charge on any atom is 0.253 e. The molecular formula is C15H22N2O. The number of hydrogen-bond donors (Lipinski definition) is 0. The molecule has 1 aromatic rings. The van der Waals surface area contributed by atoms with Gasteiger partial charge in [0.15, 0.2) is 0 Å². The molecular weight excluding hydrogens is 224 g/mol. The molecule has 3 heteroatoms. The first kappa shape index (κ1) is 13.1. The van der Waals surface area contributed by atoms with E-state index in [1.807, 2.05) is 24.0 Å². The Morgan fingerprint density at radius 3 is 2.72 bits per heavy atom. The molecule has 1 aliphatic rings. The molecule has 0 N–H and O–H groups in total. The SMILES string of the molecule is Cc1cc(C(=O)N2CCC(C)C2)cc(C(C)C)n1. The number of hydrogen-bond acceptors (Lipinski definition) is 2. The summed E-state index contributed by atoms with van der Waals surface area (Å²) in [5.74, 6) is 1.14. The van der Waals surface area contributed by atoms with Gasteiger partial charge in [0.2, 0.25) is 0 Å². The van der Waals surface area contributed by atoms with E-state index in [2.05, 4.69) is 25.8 Å². The first-order valence-corrected chi connectivity index (χ1v) is 6.75. The molecule has 1 aromatic heterocycles. The molecule has 1 fully saturated rings. The third kappa shape index (κ3) is 2.71. The zero-order valence-corrected chi connectivity index (χ0v) is 11.7. The maximum atomic E-state index is 12.4. The van der Waals surface area contributed by atoms with Gasteiger partial charge in [0.05, 0.1) is 0 Å². The first-order valence-electron chi connectivity index (χ1n) is 6.75. The highest BCUT2D eigenvalue weighted by molar-refractivity contribution is 5.94. The lowest BCUT2D eigenvalue weighted by Crippen LogP contribution is -2.28. The standard InChI is InChI=1S/C15H22N2O/c1-10(2)14-8-13(7-12(4)16-14)15(18)17-6-5-11(3)9-17/h7-8,10-11H,5-6,9H2,1-4H3. The largest absolute Gasteiger partial charge is 0.338 e. The van der Waals surface area contributed by atoms with Crippen molar-refractivity contribution in [2.45, 2.75) is 40.0 Å². The molecule has 98 valence electrons. The molecule has 1 amide bonds. The smallest absolute Gasteiger partial charge is 0.253 e. The minimum Gasteiger partial charge on any atom is -0.338 e. The monoisotopic (exact) mass is 246 g/mol. The second-order valence-corrected chi connectivity index (χ2v) is 5.72. The first-order chi connectivity index (χ1) is 8.47. The highest BCUT2D eigenvalue weighted by Gasteiger charge is 2.24. The molecule has 0 aliphatic carbocycles. The molecule has 0 saturated carbocycles. The van der Waals surface area contributed by atoms with E-state index in [1.54, 1.807) is 0 Å². The quantitative estimate of drug-likeness (QED) is 0.803. The van der Waals surface area contributed by atoms with Crippen molar-refractivity contribution in [3.05, 3.63) is 29.1 Å². The molecule has 0 bridgehead atoms. The lowest BCUT2D eigenvalue weighted by Gasteiger charge is -2.17. The second kappa shape index (κ2) is 5.09. The summed E-state index contributed by atoms with van der Waals surface area (Å²) in [6, 6.07) is 3.85. The van der Waals surface area contributed by atoms with Crippen molar-refractivity contribution in [2.75, 3.05) is 13.1 Å². The molecule has 0 radical (unpaired) electrons. The number of pyridine rings is 1. The fourth-order valence-corrected chi connectivity index (χ4v) is 2.42. The van der Waals surface area contributed by atoms with E-state index in [0.717, 1.165) is 36.5 Å². The summed E-state index contributed by atoms with van der Waals surface area (Å²) in [6.07, 6.45) is 1.12. The number of likely N-dealkylation sites (tertiary alicyclic amines) is 1. The Kier molecular flexibility index (Phi) is 3.69. The number of amides is 1. The van der Waals surface area contributed by atoms with Crippen molar-refractivity contribution < 1.29 is 4.79 Å². The molecule has 1 saturated heterocycles. The zero-order valence-electron chi connectivity index (χ0n) is 11.7. The fraction of sp³-hybridized carbons (Fsp3) is 0.600. The van der Waals surface area contributed by atoms with Crippen LogP contribution in [0.25, 0.3) is 0 Å². The summed E-state index contributed by atoms with van der Waals surface area (Å²) in [7, 11) is 0. The van der Waals surface area contributed by atoms with E-state index in [4.69, 9.17) is 0 Å². The van der Waals surface area contributed by atoms with Gasteiger partial charge < -0.3 is 4.90 Å². The molecule has 18 heavy (non-hydrogen) atoms. The number of carbonyl (C=O) groups excluding carboxylic acids is 1. The Morgan fingerprint density at radius 2 is 2.17 bits per heavy atom. The van der Waals surface area contributed by atoms with Crippen molar-refractivity contribution in [1.29, 1.82) is 0 Å². The van der Waals surface area contributed by atoms with Crippen molar-refractivity contribution >= 4 is 5.91 Å². The van der Waals surface area contributed by atoms with Crippen LogP contribution in [0, 0.1) is 12.8 Å². The summed E-state index contributed by atoms with van der Waals surface area (Å²) >= 11 is 0. The van der Waals surface area contributed by atoms with Crippen molar-refractivity contribution in [2.24, 2.45) is 5.92 Å². The van der Waals surface area contributed by atoms with Gasteiger partial charge in [-0.05, 0) is 37.3 Å². The fourth-order valence-electron chi connectivity index (χ4n) is 2.42. The number of carbonyl (C=O) groups is 1. The minimum absolute atomic E-state index is 0.159. The van der Waals surface area contributed by atoms with Gasteiger partial charge in [0.25, 0.3) is 5.91 Å². The van der Waals surface area contributed by atoms with Crippen molar-refractivity contribution in [3.63, 3.8) is 0 Å². The molecule has 3 nitrogen and oxygen atoms in total. The zero-order chi connectivity index (χ0) is 13.3. The predicted octanol–water partition coefficient (Wildman–Crippen LogP) is 3.00. The summed E-state index contributed by atoms with van der Waals surface area (Å²) < 4.78 is 0. The molecule has 1 aliphatic heterocycles. The Bertz CT molecular complexity index is 454. The van der Waals surface area contributed by atoms with Gasteiger partial charge in [-0.3, -0.25) is 9.78 Å². The summed E-state index contributed by atoms with van der Waals surface area (Å²) in [4.78, 5) is 18.9. The second-order valence-electron chi connectivity index (χ2n) is 5.72. The van der Waals surface area contributed by atoms with Crippen LogP contribution >= 0.6 is 0 Å². The normalized spacial score (nSPS) is 19.6. The minimum atomic E-state index is 0.159. The van der Waals surface area contributed by atoms with Gasteiger partial charge >= 0.3 is 0 Å². The molecule has 2 rings (SSSR count). The van der Waals surface area contributed by atoms with Crippen LogP contribution in [-0.2, 0) is 0 Å². The molecule has 2 heterocycles. The number of aromatic nitrogens is 1. The number of nitrogens with zero attached hydrogens (tertiary/aromatic N) is 2. The Balaban J connectivity index is 2.24. The Hall–Kier alpha value is -1.38. The molecule has 1 unspecified atom stereocenters. The van der Waals surface area contributed by atoms with Gasteiger partial charge in [-0.15, -0.1) is 0 Å². The molecule has 0 aromatic carbocycles. The van der Waals surface area contributed by atoms with E-state index >= 15 is 0 Å². The molecule has 1 atom stereocenters. The van der Waals surface area contributed by atoms with E-state index in [-0.39, 0.29) is 5.91 Å². The number of rotatable bonds is 2. The summed E-state index contributed by atoms with van der Waals surface area (Å²) in [5.41, 5.74) is 2.72. The third-order valence-electron chi connectivity index (χ3n) is 3.52. The van der Waals surface area contributed by atoms with Crippen molar-refractivity contribution in [3.8, 4) is 0 Å². The van der Waals surface area contributed by atoms with E-state index < -0.39 is 0 Å². The average Bonchev–Trinajstić information content (AvgIpc) is 2.74. The van der Waals surface area contributed by atoms with E-state index in [0.29, 0.717) is 11.8 Å². The van der Waals surface area contributed by atoms with E-state index in [9.17, 15) is 4.79 Å². The van der Waals surface area contributed by atoms with Crippen LogP contribution in [0.5, 0.6) is 0 Å². The average molecular weight is 246 g/mol. The Labute approximate surface area is 109 Å². The summed E-state index contributed by atoms with van der Waals surface area (Å²) in [6.45, 7) is 10.1. The van der Waals surface area contributed by atoms with Gasteiger partial charge in [-0.1, -0.05) is 20.8 Å².